The number of carboxylic acid groups (broad SMARTS) is 1. The van der Waals surface area contributed by atoms with Crippen LogP contribution in [0.4, 0.5) is 13.2 Å². The second-order valence-electron chi connectivity index (χ2n) is 5.37. The van der Waals surface area contributed by atoms with Crippen LogP contribution >= 0.6 is 0 Å². The summed E-state index contributed by atoms with van der Waals surface area (Å²) in [6.07, 6.45) is -1.22. The lowest BCUT2D eigenvalue weighted by atomic mass is 10.1. The van der Waals surface area contributed by atoms with Gasteiger partial charge in [0, 0.05) is 5.39 Å². The number of rotatable bonds is 3. The van der Waals surface area contributed by atoms with Gasteiger partial charge < -0.3 is 5.11 Å². The molecule has 0 saturated heterocycles. The lowest BCUT2D eigenvalue weighted by molar-refractivity contribution is -0.137. The van der Waals surface area contributed by atoms with E-state index in [-0.39, 0.29) is 5.56 Å². The van der Waals surface area contributed by atoms with E-state index in [1.807, 2.05) is 0 Å². The SMILES string of the molecule is O=C(O)c1cc(C=Cc2ccc(C(F)(F)F)cc2)nc2ccccc12. The molecule has 0 aliphatic carbocycles. The van der Waals surface area contributed by atoms with E-state index in [0.717, 1.165) is 12.1 Å². The molecule has 1 N–H and O–H groups in total. The van der Waals surface area contributed by atoms with Crippen LogP contribution in [0.1, 0.15) is 27.2 Å². The average Bonchev–Trinajstić information content (AvgIpc) is 2.58. The number of benzene rings is 2. The van der Waals surface area contributed by atoms with Gasteiger partial charge in [0.15, 0.2) is 0 Å². The zero-order chi connectivity index (χ0) is 18.0. The van der Waals surface area contributed by atoms with Crippen LogP contribution in [0.2, 0.25) is 0 Å². The average molecular weight is 343 g/mol. The number of para-hydroxylation sites is 1. The molecule has 3 nitrogen and oxygen atoms in total. The van der Waals surface area contributed by atoms with Crippen molar-refractivity contribution in [1.82, 2.24) is 4.98 Å². The van der Waals surface area contributed by atoms with Gasteiger partial charge >= 0.3 is 12.1 Å². The Kier molecular flexibility index (Phi) is 4.27. The monoisotopic (exact) mass is 343 g/mol. The molecule has 0 fully saturated rings. The van der Waals surface area contributed by atoms with Gasteiger partial charge in [-0.1, -0.05) is 36.4 Å². The van der Waals surface area contributed by atoms with Crippen LogP contribution in [0.15, 0.2) is 54.6 Å². The number of hydrogen-bond acceptors (Lipinski definition) is 2. The van der Waals surface area contributed by atoms with Crippen molar-refractivity contribution in [2.75, 3.05) is 0 Å². The Labute approximate surface area is 141 Å². The highest BCUT2D eigenvalue weighted by atomic mass is 19.4. The zero-order valence-corrected chi connectivity index (χ0v) is 12.8. The summed E-state index contributed by atoms with van der Waals surface area (Å²) in [4.78, 5) is 15.8. The summed E-state index contributed by atoms with van der Waals surface area (Å²) in [5, 5.41) is 9.87. The van der Waals surface area contributed by atoms with E-state index in [1.54, 1.807) is 36.4 Å². The lowest BCUT2D eigenvalue weighted by Gasteiger charge is -2.06. The van der Waals surface area contributed by atoms with Gasteiger partial charge in [0.1, 0.15) is 0 Å². The van der Waals surface area contributed by atoms with E-state index >= 15 is 0 Å². The van der Waals surface area contributed by atoms with Crippen molar-refractivity contribution in [2.24, 2.45) is 0 Å². The predicted molar refractivity (Wildman–Crippen MR) is 89.1 cm³/mol. The number of halogens is 3. The molecule has 0 aliphatic heterocycles. The van der Waals surface area contributed by atoms with Gasteiger partial charge in [0.25, 0.3) is 0 Å². The second kappa shape index (κ2) is 6.39. The first-order valence-corrected chi connectivity index (χ1v) is 7.33. The van der Waals surface area contributed by atoms with E-state index in [0.29, 0.717) is 22.2 Å². The standard InChI is InChI=1S/C19H12F3NO2/c20-19(21,22)13-8-5-12(6-9-13)7-10-14-11-16(18(24)25)15-3-1-2-4-17(15)23-14/h1-11H,(H,24,25). The Hall–Kier alpha value is -3.15. The summed E-state index contributed by atoms with van der Waals surface area (Å²) in [6.45, 7) is 0. The minimum atomic E-state index is -4.38. The number of carboxylic acids is 1. The summed E-state index contributed by atoms with van der Waals surface area (Å²) in [7, 11) is 0. The van der Waals surface area contributed by atoms with Gasteiger partial charge in [0.2, 0.25) is 0 Å². The maximum Gasteiger partial charge on any atom is 0.416 e. The summed E-state index contributed by atoms with van der Waals surface area (Å²) >= 11 is 0. The number of pyridine rings is 1. The third-order valence-corrected chi connectivity index (χ3v) is 3.65. The zero-order valence-electron chi connectivity index (χ0n) is 12.8. The molecule has 2 aromatic carbocycles. The molecule has 6 heteroatoms. The molecule has 0 spiro atoms. The smallest absolute Gasteiger partial charge is 0.416 e. The fraction of sp³-hybridized carbons (Fsp3) is 0.0526. The summed E-state index contributed by atoms with van der Waals surface area (Å²) in [6, 6.07) is 13.0. The maximum atomic E-state index is 12.6. The summed E-state index contributed by atoms with van der Waals surface area (Å²) in [5.41, 5.74) is 0.907. The van der Waals surface area contributed by atoms with E-state index in [4.69, 9.17) is 0 Å². The van der Waals surface area contributed by atoms with Gasteiger partial charge in [-0.25, -0.2) is 9.78 Å². The summed E-state index contributed by atoms with van der Waals surface area (Å²) in [5.74, 6) is -1.07. The number of nitrogens with zero attached hydrogens (tertiary/aromatic N) is 1. The number of fused-ring (bicyclic) bond motifs is 1. The third-order valence-electron chi connectivity index (χ3n) is 3.65. The number of hydrogen-bond donors (Lipinski definition) is 1. The topological polar surface area (TPSA) is 50.2 Å². The van der Waals surface area contributed by atoms with E-state index in [9.17, 15) is 23.1 Å². The molecule has 126 valence electrons. The minimum Gasteiger partial charge on any atom is -0.478 e. The van der Waals surface area contributed by atoms with Crippen molar-refractivity contribution in [3.8, 4) is 0 Å². The highest BCUT2D eigenvalue weighted by molar-refractivity contribution is 6.03. The van der Waals surface area contributed by atoms with Crippen LogP contribution in [0.25, 0.3) is 23.1 Å². The van der Waals surface area contributed by atoms with Crippen LogP contribution in [-0.4, -0.2) is 16.1 Å². The van der Waals surface area contributed by atoms with Crippen LogP contribution in [0.3, 0.4) is 0 Å². The Morgan fingerprint density at radius 3 is 2.32 bits per heavy atom. The molecule has 0 amide bonds. The first kappa shape index (κ1) is 16.7. The quantitative estimate of drug-likeness (QED) is 0.718. The largest absolute Gasteiger partial charge is 0.478 e. The normalized spacial score (nSPS) is 12.0. The molecular formula is C19H12F3NO2. The molecule has 3 aromatic rings. The fourth-order valence-electron chi connectivity index (χ4n) is 2.42. The first-order chi connectivity index (χ1) is 11.8. The van der Waals surface area contributed by atoms with Crippen molar-refractivity contribution in [3.05, 3.63) is 77.0 Å². The van der Waals surface area contributed by atoms with Crippen LogP contribution in [0, 0.1) is 0 Å². The third kappa shape index (κ3) is 3.68. The van der Waals surface area contributed by atoms with Gasteiger partial charge in [-0.2, -0.15) is 13.2 Å². The van der Waals surface area contributed by atoms with Gasteiger partial charge in [-0.3, -0.25) is 0 Å². The van der Waals surface area contributed by atoms with E-state index < -0.39 is 17.7 Å². The Morgan fingerprint density at radius 1 is 1.00 bits per heavy atom. The molecule has 0 unspecified atom stereocenters. The predicted octanol–water partition coefficient (Wildman–Crippen LogP) is 5.12. The van der Waals surface area contributed by atoms with Crippen molar-refractivity contribution in [2.45, 2.75) is 6.18 Å². The van der Waals surface area contributed by atoms with Gasteiger partial charge in [-0.15, -0.1) is 0 Å². The first-order valence-electron chi connectivity index (χ1n) is 7.33. The Balaban J connectivity index is 1.95. The molecule has 25 heavy (non-hydrogen) atoms. The summed E-state index contributed by atoms with van der Waals surface area (Å²) < 4.78 is 37.7. The Morgan fingerprint density at radius 2 is 1.68 bits per heavy atom. The molecular weight excluding hydrogens is 331 g/mol. The van der Waals surface area contributed by atoms with Crippen LogP contribution in [0.5, 0.6) is 0 Å². The van der Waals surface area contributed by atoms with E-state index in [2.05, 4.69) is 4.98 Å². The maximum absolute atomic E-state index is 12.6. The molecule has 0 atom stereocenters. The van der Waals surface area contributed by atoms with Crippen molar-refractivity contribution in [1.29, 1.82) is 0 Å². The highest BCUT2D eigenvalue weighted by Gasteiger charge is 2.29. The number of aromatic nitrogens is 1. The van der Waals surface area contributed by atoms with Gasteiger partial charge in [-0.05, 0) is 35.9 Å². The molecule has 0 radical (unpaired) electrons. The second-order valence-corrected chi connectivity index (χ2v) is 5.37. The Bertz CT molecular complexity index is 961. The minimum absolute atomic E-state index is 0.123. The van der Waals surface area contributed by atoms with Crippen LogP contribution < -0.4 is 0 Å². The van der Waals surface area contributed by atoms with Crippen molar-refractivity contribution in [3.63, 3.8) is 0 Å². The van der Waals surface area contributed by atoms with E-state index in [1.165, 1.54) is 18.2 Å². The van der Waals surface area contributed by atoms with Crippen molar-refractivity contribution >= 4 is 29.0 Å². The van der Waals surface area contributed by atoms with Crippen LogP contribution in [-0.2, 0) is 6.18 Å². The molecule has 0 bridgehead atoms. The lowest BCUT2D eigenvalue weighted by Crippen LogP contribution is -2.03. The molecule has 3 rings (SSSR count). The molecule has 1 heterocycles. The molecule has 0 aliphatic rings. The molecule has 0 saturated carbocycles. The van der Waals surface area contributed by atoms with Gasteiger partial charge in [0.05, 0.1) is 22.3 Å². The highest BCUT2D eigenvalue weighted by Crippen LogP contribution is 2.29. The van der Waals surface area contributed by atoms with Crippen molar-refractivity contribution < 1.29 is 23.1 Å². The number of aromatic carboxylic acids is 1. The fourth-order valence-corrected chi connectivity index (χ4v) is 2.42. The number of alkyl halides is 3. The number of carbonyl (C=O) groups is 1. The molecule has 1 aromatic heterocycles.